The lowest BCUT2D eigenvalue weighted by molar-refractivity contribution is -0.118. The van der Waals surface area contributed by atoms with Crippen molar-refractivity contribution >= 4 is 34.0 Å². The molecule has 0 spiro atoms. The Labute approximate surface area is 152 Å². The average Bonchev–Trinajstić information content (AvgIpc) is 2.66. The van der Waals surface area contributed by atoms with Gasteiger partial charge < -0.3 is 15.0 Å². The number of carbonyl (C=O) groups is 2. The zero-order chi connectivity index (χ0) is 18.5. The molecule has 0 aliphatic heterocycles. The van der Waals surface area contributed by atoms with Crippen molar-refractivity contribution in [3.8, 4) is 5.75 Å². The Kier molecular flexibility index (Phi) is 5.17. The Morgan fingerprint density at radius 2 is 1.65 bits per heavy atom. The highest BCUT2D eigenvalue weighted by molar-refractivity contribution is 5.94. The summed E-state index contributed by atoms with van der Waals surface area (Å²) >= 11 is 0. The van der Waals surface area contributed by atoms with Crippen molar-refractivity contribution in [2.45, 2.75) is 6.92 Å². The predicted octanol–water partition coefficient (Wildman–Crippen LogP) is 3.84. The minimum absolute atomic E-state index is 0.0507. The molecule has 0 aromatic heterocycles. The third-order valence-corrected chi connectivity index (χ3v) is 4.12. The summed E-state index contributed by atoms with van der Waals surface area (Å²) in [7, 11) is 1.70. The van der Waals surface area contributed by atoms with E-state index in [1.807, 2.05) is 42.5 Å². The van der Waals surface area contributed by atoms with Gasteiger partial charge in [-0.3, -0.25) is 9.59 Å². The summed E-state index contributed by atoms with van der Waals surface area (Å²) in [6, 6.07) is 20.7. The van der Waals surface area contributed by atoms with Crippen LogP contribution >= 0.6 is 0 Å². The highest BCUT2D eigenvalue weighted by Gasteiger charge is 2.08. The summed E-state index contributed by atoms with van der Waals surface area (Å²) in [5.41, 5.74) is 1.42. The molecule has 5 heteroatoms. The summed E-state index contributed by atoms with van der Waals surface area (Å²) < 4.78 is 5.68. The average molecular weight is 348 g/mol. The first-order chi connectivity index (χ1) is 12.5. The van der Waals surface area contributed by atoms with Gasteiger partial charge in [0.1, 0.15) is 5.75 Å². The predicted molar refractivity (Wildman–Crippen MR) is 104 cm³/mol. The standard InChI is InChI=1S/C21H20N2O3/c1-15(24)23(2)18-12-10-17(11-13-18)22-21(25)14-26-20-9-5-7-16-6-3-4-8-19(16)20/h3-13H,14H2,1-2H3,(H,22,25). The van der Waals surface area contributed by atoms with Crippen molar-refractivity contribution in [1.82, 2.24) is 0 Å². The number of fused-ring (bicyclic) bond motifs is 1. The molecule has 0 atom stereocenters. The maximum absolute atomic E-state index is 12.1. The Balaban J connectivity index is 1.61. The summed E-state index contributed by atoms with van der Waals surface area (Å²) in [5.74, 6) is 0.382. The lowest BCUT2D eigenvalue weighted by Gasteiger charge is -2.15. The number of nitrogens with one attached hydrogen (secondary N) is 1. The molecule has 0 fully saturated rings. The maximum atomic E-state index is 12.1. The van der Waals surface area contributed by atoms with Crippen LogP contribution in [-0.2, 0) is 9.59 Å². The maximum Gasteiger partial charge on any atom is 0.262 e. The Bertz CT molecular complexity index is 930. The molecule has 3 aromatic rings. The minimum atomic E-state index is -0.245. The highest BCUT2D eigenvalue weighted by atomic mass is 16.5. The van der Waals surface area contributed by atoms with E-state index in [9.17, 15) is 9.59 Å². The van der Waals surface area contributed by atoms with Crippen LogP contribution in [0.2, 0.25) is 0 Å². The SMILES string of the molecule is CC(=O)N(C)c1ccc(NC(=O)COc2cccc3ccccc23)cc1. The van der Waals surface area contributed by atoms with Gasteiger partial charge in [-0.2, -0.15) is 0 Å². The Morgan fingerprint density at radius 3 is 2.38 bits per heavy atom. The molecule has 0 radical (unpaired) electrons. The van der Waals surface area contributed by atoms with Gasteiger partial charge in [0.2, 0.25) is 5.91 Å². The van der Waals surface area contributed by atoms with E-state index in [1.54, 1.807) is 31.3 Å². The molecule has 2 amide bonds. The topological polar surface area (TPSA) is 58.6 Å². The number of hydrogen-bond acceptors (Lipinski definition) is 3. The third kappa shape index (κ3) is 4.00. The molecule has 0 saturated heterocycles. The van der Waals surface area contributed by atoms with Gasteiger partial charge in [0.05, 0.1) is 0 Å². The van der Waals surface area contributed by atoms with E-state index < -0.39 is 0 Å². The molecular formula is C21H20N2O3. The molecule has 1 N–H and O–H groups in total. The van der Waals surface area contributed by atoms with Crippen molar-refractivity contribution in [2.24, 2.45) is 0 Å². The van der Waals surface area contributed by atoms with E-state index in [0.29, 0.717) is 11.4 Å². The number of ether oxygens (including phenoxy) is 1. The van der Waals surface area contributed by atoms with Crippen LogP contribution in [0.1, 0.15) is 6.92 Å². The van der Waals surface area contributed by atoms with E-state index in [1.165, 1.54) is 11.8 Å². The first-order valence-corrected chi connectivity index (χ1v) is 8.29. The van der Waals surface area contributed by atoms with Gasteiger partial charge in [-0.1, -0.05) is 36.4 Å². The first-order valence-electron chi connectivity index (χ1n) is 8.29. The van der Waals surface area contributed by atoms with E-state index >= 15 is 0 Å². The fourth-order valence-electron chi connectivity index (χ4n) is 2.61. The third-order valence-electron chi connectivity index (χ3n) is 4.12. The second kappa shape index (κ2) is 7.70. The molecule has 3 aromatic carbocycles. The van der Waals surface area contributed by atoms with Crippen LogP contribution in [0.3, 0.4) is 0 Å². The molecule has 5 nitrogen and oxygen atoms in total. The largest absolute Gasteiger partial charge is 0.483 e. The van der Waals surface area contributed by atoms with Crippen molar-refractivity contribution in [1.29, 1.82) is 0 Å². The zero-order valence-corrected chi connectivity index (χ0v) is 14.7. The first kappa shape index (κ1) is 17.5. The van der Waals surface area contributed by atoms with Crippen molar-refractivity contribution in [2.75, 3.05) is 23.9 Å². The Morgan fingerprint density at radius 1 is 0.962 bits per heavy atom. The number of carbonyl (C=O) groups excluding carboxylic acids is 2. The molecule has 0 aliphatic rings. The summed E-state index contributed by atoms with van der Waals surface area (Å²) in [6.07, 6.45) is 0. The lowest BCUT2D eigenvalue weighted by Crippen LogP contribution is -2.23. The molecule has 0 aliphatic carbocycles. The highest BCUT2D eigenvalue weighted by Crippen LogP contribution is 2.25. The monoisotopic (exact) mass is 348 g/mol. The summed E-state index contributed by atoms with van der Waals surface area (Å²) in [5, 5.41) is 4.83. The van der Waals surface area contributed by atoms with Crippen molar-refractivity contribution in [3.05, 3.63) is 66.7 Å². The van der Waals surface area contributed by atoms with Crippen molar-refractivity contribution < 1.29 is 14.3 Å². The number of anilines is 2. The van der Waals surface area contributed by atoms with Crippen LogP contribution in [0.25, 0.3) is 10.8 Å². The van der Waals surface area contributed by atoms with E-state index in [2.05, 4.69) is 5.32 Å². The fourth-order valence-corrected chi connectivity index (χ4v) is 2.61. The van der Waals surface area contributed by atoms with Crippen LogP contribution in [0.5, 0.6) is 5.75 Å². The normalized spacial score (nSPS) is 10.4. The smallest absolute Gasteiger partial charge is 0.262 e. The number of nitrogens with zero attached hydrogens (tertiary/aromatic N) is 1. The fraction of sp³-hybridized carbons (Fsp3) is 0.143. The van der Waals surface area contributed by atoms with E-state index in [-0.39, 0.29) is 18.4 Å². The molecule has 26 heavy (non-hydrogen) atoms. The zero-order valence-electron chi connectivity index (χ0n) is 14.7. The quantitative estimate of drug-likeness (QED) is 0.762. The van der Waals surface area contributed by atoms with Crippen LogP contribution in [0.15, 0.2) is 66.7 Å². The van der Waals surface area contributed by atoms with Gasteiger partial charge >= 0.3 is 0 Å². The molecule has 0 saturated carbocycles. The molecule has 0 heterocycles. The van der Waals surface area contributed by atoms with Crippen LogP contribution in [-0.4, -0.2) is 25.5 Å². The van der Waals surface area contributed by atoms with Gasteiger partial charge in [-0.05, 0) is 35.7 Å². The van der Waals surface area contributed by atoms with Crippen molar-refractivity contribution in [3.63, 3.8) is 0 Å². The number of hydrogen-bond donors (Lipinski definition) is 1. The van der Waals surface area contributed by atoms with E-state index in [0.717, 1.165) is 16.5 Å². The van der Waals surface area contributed by atoms with Gasteiger partial charge in [-0.25, -0.2) is 0 Å². The van der Waals surface area contributed by atoms with Gasteiger partial charge in [0, 0.05) is 30.7 Å². The van der Waals surface area contributed by atoms with E-state index in [4.69, 9.17) is 4.74 Å². The number of rotatable bonds is 5. The molecule has 3 rings (SSSR count). The second-order valence-corrected chi connectivity index (χ2v) is 5.94. The number of amides is 2. The number of benzene rings is 3. The summed E-state index contributed by atoms with van der Waals surface area (Å²) in [6.45, 7) is 1.42. The summed E-state index contributed by atoms with van der Waals surface area (Å²) in [4.78, 5) is 25.0. The second-order valence-electron chi connectivity index (χ2n) is 5.94. The Hall–Kier alpha value is -3.34. The molecule has 0 unspecified atom stereocenters. The molecule has 132 valence electrons. The van der Waals surface area contributed by atoms with Gasteiger partial charge in [0.15, 0.2) is 6.61 Å². The van der Waals surface area contributed by atoms with Crippen LogP contribution < -0.4 is 15.0 Å². The molecule has 0 bridgehead atoms. The lowest BCUT2D eigenvalue weighted by atomic mass is 10.1. The van der Waals surface area contributed by atoms with Gasteiger partial charge in [0.25, 0.3) is 5.91 Å². The minimum Gasteiger partial charge on any atom is -0.483 e. The van der Waals surface area contributed by atoms with Crippen LogP contribution in [0, 0.1) is 0 Å². The van der Waals surface area contributed by atoms with Crippen LogP contribution in [0.4, 0.5) is 11.4 Å². The van der Waals surface area contributed by atoms with Gasteiger partial charge in [-0.15, -0.1) is 0 Å². The molecular weight excluding hydrogens is 328 g/mol.